The maximum atomic E-state index is 13.0. The van der Waals surface area contributed by atoms with Gasteiger partial charge in [-0.3, -0.25) is 4.79 Å². The zero-order chi connectivity index (χ0) is 16.0. The lowest BCUT2D eigenvalue weighted by Crippen LogP contribution is -2.46. The highest BCUT2D eigenvalue weighted by atomic mass is 19.2. The van der Waals surface area contributed by atoms with Crippen LogP contribution in [0.4, 0.5) is 8.78 Å². The summed E-state index contributed by atoms with van der Waals surface area (Å²) in [5, 5.41) is 12.7. The molecule has 4 nitrogen and oxygen atoms in total. The number of carbonyl (C=O) groups excluding carboxylic acids is 1. The minimum Gasteiger partial charge on any atom is -0.481 e. The van der Waals surface area contributed by atoms with Crippen molar-refractivity contribution in [1.29, 1.82) is 0 Å². The second-order valence-electron chi connectivity index (χ2n) is 4.99. The molecule has 21 heavy (non-hydrogen) atoms. The molecule has 0 aromatic heterocycles. The van der Waals surface area contributed by atoms with Crippen LogP contribution in [0.2, 0.25) is 0 Å². The summed E-state index contributed by atoms with van der Waals surface area (Å²) < 4.78 is 31.1. The van der Waals surface area contributed by atoms with Crippen LogP contribution in [-0.4, -0.2) is 29.3 Å². The number of ether oxygens (including phenoxy) is 1. The Kier molecular flexibility index (Phi) is 6.08. The summed E-state index contributed by atoms with van der Waals surface area (Å²) in [4.78, 5) is 11.9. The molecule has 1 amide bonds. The van der Waals surface area contributed by atoms with Gasteiger partial charge in [0.05, 0.1) is 5.60 Å². The molecule has 0 fully saturated rings. The lowest BCUT2D eigenvalue weighted by Gasteiger charge is -2.26. The molecule has 0 aliphatic rings. The SMILES string of the molecule is CCC(O)(CC)CNC(=O)C(C)Oc1ccc(F)c(F)c1. The molecule has 1 unspecified atom stereocenters. The first kappa shape index (κ1) is 17.4. The van der Waals surface area contributed by atoms with Gasteiger partial charge < -0.3 is 15.2 Å². The van der Waals surface area contributed by atoms with Crippen molar-refractivity contribution >= 4 is 5.91 Å². The zero-order valence-electron chi connectivity index (χ0n) is 12.5. The largest absolute Gasteiger partial charge is 0.481 e. The van der Waals surface area contributed by atoms with E-state index in [1.807, 2.05) is 13.8 Å². The van der Waals surface area contributed by atoms with Crippen LogP contribution >= 0.6 is 0 Å². The Hall–Kier alpha value is -1.69. The van der Waals surface area contributed by atoms with Gasteiger partial charge in [0.2, 0.25) is 0 Å². The van der Waals surface area contributed by atoms with Crippen molar-refractivity contribution in [2.45, 2.75) is 45.3 Å². The van der Waals surface area contributed by atoms with E-state index in [0.29, 0.717) is 12.8 Å². The second kappa shape index (κ2) is 7.36. The van der Waals surface area contributed by atoms with Crippen LogP contribution in [0.15, 0.2) is 18.2 Å². The van der Waals surface area contributed by atoms with Gasteiger partial charge in [0.15, 0.2) is 17.7 Å². The smallest absolute Gasteiger partial charge is 0.260 e. The molecule has 2 N–H and O–H groups in total. The summed E-state index contributed by atoms with van der Waals surface area (Å²) in [6.45, 7) is 5.27. The second-order valence-corrected chi connectivity index (χ2v) is 4.99. The molecule has 0 spiro atoms. The first-order chi connectivity index (χ1) is 9.81. The Labute approximate surface area is 123 Å². The van der Waals surface area contributed by atoms with Gasteiger partial charge >= 0.3 is 0 Å². The van der Waals surface area contributed by atoms with E-state index in [9.17, 15) is 18.7 Å². The molecule has 1 rings (SSSR count). The number of benzene rings is 1. The van der Waals surface area contributed by atoms with Gasteiger partial charge in [0.1, 0.15) is 5.75 Å². The number of rotatable bonds is 7. The molecule has 6 heteroatoms. The van der Waals surface area contributed by atoms with E-state index in [1.54, 1.807) is 0 Å². The summed E-state index contributed by atoms with van der Waals surface area (Å²) in [7, 11) is 0. The minimum atomic E-state index is -1.04. The molecule has 0 heterocycles. The fourth-order valence-electron chi connectivity index (χ4n) is 1.70. The number of hydrogen-bond acceptors (Lipinski definition) is 3. The fraction of sp³-hybridized carbons (Fsp3) is 0.533. The first-order valence-corrected chi connectivity index (χ1v) is 6.93. The van der Waals surface area contributed by atoms with Crippen molar-refractivity contribution in [1.82, 2.24) is 5.32 Å². The molecular weight excluding hydrogens is 280 g/mol. The summed E-state index contributed by atoms with van der Waals surface area (Å²) in [5.41, 5.74) is -0.947. The third-order valence-electron chi connectivity index (χ3n) is 3.48. The quantitative estimate of drug-likeness (QED) is 0.813. The van der Waals surface area contributed by atoms with E-state index in [0.717, 1.165) is 12.1 Å². The Bertz CT molecular complexity index is 490. The number of aliphatic hydroxyl groups is 1. The maximum absolute atomic E-state index is 13.0. The molecule has 0 saturated carbocycles. The first-order valence-electron chi connectivity index (χ1n) is 6.93. The molecule has 1 atom stereocenters. The molecule has 118 valence electrons. The lowest BCUT2D eigenvalue weighted by atomic mass is 9.97. The van der Waals surface area contributed by atoms with Gasteiger partial charge in [0.25, 0.3) is 5.91 Å². The molecule has 1 aromatic rings. The maximum Gasteiger partial charge on any atom is 0.260 e. The topological polar surface area (TPSA) is 58.6 Å². The van der Waals surface area contributed by atoms with E-state index in [4.69, 9.17) is 4.74 Å². The van der Waals surface area contributed by atoms with Crippen molar-refractivity contribution in [3.05, 3.63) is 29.8 Å². The monoisotopic (exact) mass is 301 g/mol. The van der Waals surface area contributed by atoms with Crippen molar-refractivity contribution < 1.29 is 23.4 Å². The van der Waals surface area contributed by atoms with E-state index in [-0.39, 0.29) is 12.3 Å². The summed E-state index contributed by atoms with van der Waals surface area (Å²) >= 11 is 0. The van der Waals surface area contributed by atoms with Gasteiger partial charge in [-0.1, -0.05) is 13.8 Å². The number of carbonyl (C=O) groups is 1. The zero-order valence-corrected chi connectivity index (χ0v) is 12.5. The molecule has 1 aromatic carbocycles. The van der Waals surface area contributed by atoms with Crippen molar-refractivity contribution in [2.75, 3.05) is 6.54 Å². The summed E-state index contributed by atoms with van der Waals surface area (Å²) in [6, 6.07) is 3.06. The average Bonchev–Trinajstić information content (AvgIpc) is 2.48. The van der Waals surface area contributed by atoms with Gasteiger partial charge in [-0.25, -0.2) is 8.78 Å². The van der Waals surface area contributed by atoms with E-state index in [2.05, 4.69) is 5.32 Å². The van der Waals surface area contributed by atoms with Crippen LogP contribution in [0.3, 0.4) is 0 Å². The molecule has 0 aliphatic carbocycles. The Balaban J connectivity index is 2.56. The fourth-order valence-corrected chi connectivity index (χ4v) is 1.70. The van der Waals surface area contributed by atoms with Crippen molar-refractivity contribution in [3.8, 4) is 5.75 Å². The predicted molar refractivity (Wildman–Crippen MR) is 75.0 cm³/mol. The number of nitrogens with one attached hydrogen (secondary N) is 1. The Morgan fingerprint density at radius 1 is 1.33 bits per heavy atom. The van der Waals surface area contributed by atoms with Gasteiger partial charge in [-0.05, 0) is 31.9 Å². The van der Waals surface area contributed by atoms with Crippen LogP contribution in [0, 0.1) is 11.6 Å². The summed E-state index contributed by atoms with van der Waals surface area (Å²) in [5.74, 6) is -2.38. The standard InChI is InChI=1S/C15H21F2NO3/c1-4-15(20,5-2)9-18-14(19)10(3)21-11-6-7-12(16)13(17)8-11/h6-8,10,20H,4-5,9H2,1-3H3,(H,18,19). The number of hydrogen-bond donors (Lipinski definition) is 2. The van der Waals surface area contributed by atoms with Crippen LogP contribution in [0.5, 0.6) is 5.75 Å². The normalized spacial score (nSPS) is 12.9. The molecule has 0 saturated heterocycles. The van der Waals surface area contributed by atoms with Crippen LogP contribution in [0.25, 0.3) is 0 Å². The van der Waals surface area contributed by atoms with Crippen molar-refractivity contribution in [2.24, 2.45) is 0 Å². The molecule has 0 radical (unpaired) electrons. The van der Waals surface area contributed by atoms with Crippen LogP contribution in [0.1, 0.15) is 33.6 Å². The van der Waals surface area contributed by atoms with Gasteiger partial charge in [-0.15, -0.1) is 0 Å². The average molecular weight is 301 g/mol. The number of halogens is 2. The predicted octanol–water partition coefficient (Wildman–Crippen LogP) is 2.40. The Morgan fingerprint density at radius 2 is 1.95 bits per heavy atom. The highest BCUT2D eigenvalue weighted by Gasteiger charge is 2.24. The third kappa shape index (κ3) is 4.97. The molecular formula is C15H21F2NO3. The van der Waals surface area contributed by atoms with Gasteiger partial charge in [0, 0.05) is 12.6 Å². The molecule has 0 aliphatic heterocycles. The summed E-state index contributed by atoms with van der Waals surface area (Å²) in [6.07, 6.45) is 0.150. The van der Waals surface area contributed by atoms with E-state index in [1.165, 1.54) is 13.0 Å². The number of amides is 1. The van der Waals surface area contributed by atoms with E-state index >= 15 is 0 Å². The minimum absolute atomic E-state index is 0.0674. The highest BCUT2D eigenvalue weighted by Crippen LogP contribution is 2.17. The molecule has 0 bridgehead atoms. The van der Waals surface area contributed by atoms with Crippen molar-refractivity contribution in [3.63, 3.8) is 0 Å². The lowest BCUT2D eigenvalue weighted by molar-refractivity contribution is -0.128. The van der Waals surface area contributed by atoms with Crippen LogP contribution < -0.4 is 10.1 Å². The van der Waals surface area contributed by atoms with E-state index < -0.39 is 29.2 Å². The van der Waals surface area contributed by atoms with Gasteiger partial charge in [-0.2, -0.15) is 0 Å². The van der Waals surface area contributed by atoms with Crippen LogP contribution in [-0.2, 0) is 4.79 Å². The third-order valence-corrected chi connectivity index (χ3v) is 3.48. The highest BCUT2D eigenvalue weighted by molar-refractivity contribution is 5.80. The Morgan fingerprint density at radius 3 is 2.48 bits per heavy atom.